The molecule has 6 heteroatoms. The van der Waals surface area contributed by atoms with Crippen LogP contribution < -0.4 is 4.74 Å². The van der Waals surface area contributed by atoms with Crippen LogP contribution in [0.4, 0.5) is 9.18 Å². The Balaban J connectivity index is 1.81. The Kier molecular flexibility index (Phi) is 5.16. The number of hydrogen-bond acceptors (Lipinski definition) is 3. The second-order valence-corrected chi connectivity index (χ2v) is 6.88. The van der Waals surface area contributed by atoms with Gasteiger partial charge in [0.05, 0.1) is 11.6 Å². The summed E-state index contributed by atoms with van der Waals surface area (Å²) >= 11 is 5.63. The fraction of sp³-hybridized carbons (Fsp3) is 0.562. The van der Waals surface area contributed by atoms with Gasteiger partial charge in [0.25, 0.3) is 0 Å². The van der Waals surface area contributed by atoms with E-state index >= 15 is 0 Å². The zero-order chi connectivity index (χ0) is 16.3. The van der Waals surface area contributed by atoms with Crippen LogP contribution in [-0.2, 0) is 4.74 Å². The molecule has 2 rings (SSSR count). The number of carbonyl (C=O) groups excluding carboxylic acids is 1. The standard InChI is InChI=1S/C16H21ClFNO3/c1-16(2,3)22-15(20)19-7-6-11(9-19)10-21-12-4-5-13(17)14(18)8-12/h4-5,8,11H,6-7,9-10H2,1-3H3/t11-/m1/s1. The lowest BCUT2D eigenvalue weighted by atomic mass is 10.1. The average Bonchev–Trinajstić information content (AvgIpc) is 2.87. The van der Waals surface area contributed by atoms with E-state index in [0.29, 0.717) is 25.4 Å². The van der Waals surface area contributed by atoms with Crippen LogP contribution in [0.1, 0.15) is 27.2 Å². The SMILES string of the molecule is CC(C)(C)OC(=O)N1CC[C@@H](COc2ccc(Cl)c(F)c2)C1. The van der Waals surface area contributed by atoms with Gasteiger partial charge in [-0.15, -0.1) is 0 Å². The molecule has 0 unspecified atom stereocenters. The van der Waals surface area contributed by atoms with E-state index < -0.39 is 11.4 Å². The van der Waals surface area contributed by atoms with E-state index in [4.69, 9.17) is 21.1 Å². The molecule has 0 saturated carbocycles. The second-order valence-electron chi connectivity index (χ2n) is 6.47. The number of carbonyl (C=O) groups is 1. The van der Waals surface area contributed by atoms with Gasteiger partial charge in [-0.05, 0) is 39.3 Å². The normalized spacial score (nSPS) is 18.4. The van der Waals surface area contributed by atoms with Crippen molar-refractivity contribution < 1.29 is 18.7 Å². The highest BCUT2D eigenvalue weighted by Gasteiger charge is 2.30. The monoisotopic (exact) mass is 329 g/mol. The summed E-state index contributed by atoms with van der Waals surface area (Å²) in [6.45, 7) is 7.20. The lowest BCUT2D eigenvalue weighted by Gasteiger charge is -2.24. The van der Waals surface area contributed by atoms with E-state index in [9.17, 15) is 9.18 Å². The Morgan fingerprint density at radius 1 is 1.45 bits per heavy atom. The quantitative estimate of drug-likeness (QED) is 0.837. The van der Waals surface area contributed by atoms with Crippen molar-refractivity contribution in [1.82, 2.24) is 4.90 Å². The molecule has 1 fully saturated rings. The highest BCUT2D eigenvalue weighted by Crippen LogP contribution is 2.23. The van der Waals surface area contributed by atoms with Gasteiger partial charge in [-0.3, -0.25) is 0 Å². The van der Waals surface area contributed by atoms with Gasteiger partial charge in [-0.1, -0.05) is 11.6 Å². The summed E-state index contributed by atoms with van der Waals surface area (Å²) in [7, 11) is 0. The molecule has 122 valence electrons. The maximum Gasteiger partial charge on any atom is 0.410 e. The van der Waals surface area contributed by atoms with Crippen LogP contribution >= 0.6 is 11.6 Å². The first kappa shape index (κ1) is 16.9. The third-order valence-electron chi connectivity index (χ3n) is 3.31. The van der Waals surface area contributed by atoms with E-state index in [1.54, 1.807) is 11.0 Å². The summed E-state index contributed by atoms with van der Waals surface area (Å²) in [6, 6.07) is 4.36. The predicted octanol–water partition coefficient (Wildman–Crippen LogP) is 4.11. The van der Waals surface area contributed by atoms with Crippen molar-refractivity contribution in [3.8, 4) is 5.75 Å². The van der Waals surface area contributed by atoms with E-state index in [0.717, 1.165) is 6.42 Å². The van der Waals surface area contributed by atoms with Gasteiger partial charge < -0.3 is 14.4 Å². The van der Waals surface area contributed by atoms with Crippen LogP contribution in [0.3, 0.4) is 0 Å². The summed E-state index contributed by atoms with van der Waals surface area (Å²) in [6.07, 6.45) is 0.544. The number of rotatable bonds is 3. The molecule has 1 aromatic carbocycles. The third-order valence-corrected chi connectivity index (χ3v) is 3.62. The van der Waals surface area contributed by atoms with Crippen LogP contribution in [0.5, 0.6) is 5.75 Å². The minimum Gasteiger partial charge on any atom is -0.493 e. The number of halogens is 2. The molecule has 1 aromatic rings. The molecule has 0 spiro atoms. The maximum atomic E-state index is 13.3. The lowest BCUT2D eigenvalue weighted by molar-refractivity contribution is 0.0285. The molecule has 22 heavy (non-hydrogen) atoms. The fourth-order valence-electron chi connectivity index (χ4n) is 2.24. The number of benzene rings is 1. The van der Waals surface area contributed by atoms with Gasteiger partial charge in [0.1, 0.15) is 17.2 Å². The van der Waals surface area contributed by atoms with Gasteiger partial charge >= 0.3 is 6.09 Å². The minimum atomic E-state index is -0.499. The van der Waals surface area contributed by atoms with Gasteiger partial charge in [0, 0.05) is 25.1 Å². The first-order chi connectivity index (χ1) is 10.2. The smallest absolute Gasteiger partial charge is 0.410 e. The fourth-order valence-corrected chi connectivity index (χ4v) is 2.36. The highest BCUT2D eigenvalue weighted by atomic mass is 35.5. The summed E-state index contributed by atoms with van der Waals surface area (Å²) in [4.78, 5) is 13.6. The van der Waals surface area contributed by atoms with Crippen molar-refractivity contribution in [1.29, 1.82) is 0 Å². The molecule has 0 radical (unpaired) electrons. The molecule has 1 amide bonds. The molecule has 1 aliphatic rings. The number of nitrogens with zero attached hydrogens (tertiary/aromatic N) is 1. The number of likely N-dealkylation sites (tertiary alicyclic amines) is 1. The van der Waals surface area contributed by atoms with Crippen molar-refractivity contribution in [3.05, 3.63) is 29.0 Å². The first-order valence-electron chi connectivity index (χ1n) is 7.30. The van der Waals surface area contributed by atoms with Crippen LogP contribution in [0.2, 0.25) is 5.02 Å². The molecule has 0 aromatic heterocycles. The Labute approximate surface area is 135 Å². The molecule has 4 nitrogen and oxygen atoms in total. The number of hydrogen-bond donors (Lipinski definition) is 0. The zero-order valence-corrected chi connectivity index (χ0v) is 13.8. The summed E-state index contributed by atoms with van der Waals surface area (Å²) in [5, 5.41) is 0.0734. The number of ether oxygens (including phenoxy) is 2. The topological polar surface area (TPSA) is 38.8 Å². The molecular formula is C16H21ClFNO3. The second kappa shape index (κ2) is 6.73. The van der Waals surface area contributed by atoms with Crippen LogP contribution in [0.15, 0.2) is 18.2 Å². The van der Waals surface area contributed by atoms with Gasteiger partial charge in [0.2, 0.25) is 0 Å². The average molecular weight is 330 g/mol. The van der Waals surface area contributed by atoms with Gasteiger partial charge in [-0.2, -0.15) is 0 Å². The van der Waals surface area contributed by atoms with Crippen molar-refractivity contribution >= 4 is 17.7 Å². The minimum absolute atomic E-state index is 0.0734. The summed E-state index contributed by atoms with van der Waals surface area (Å²) in [5.74, 6) is 0.157. The van der Waals surface area contributed by atoms with E-state index in [2.05, 4.69) is 0 Å². The van der Waals surface area contributed by atoms with Crippen molar-refractivity contribution in [2.45, 2.75) is 32.8 Å². The van der Waals surface area contributed by atoms with Crippen LogP contribution in [0.25, 0.3) is 0 Å². The van der Waals surface area contributed by atoms with Crippen LogP contribution in [0, 0.1) is 11.7 Å². The van der Waals surface area contributed by atoms with E-state index in [1.165, 1.54) is 12.1 Å². The van der Waals surface area contributed by atoms with Crippen molar-refractivity contribution in [2.75, 3.05) is 19.7 Å². The number of amides is 1. The molecule has 1 aliphatic heterocycles. The zero-order valence-electron chi connectivity index (χ0n) is 13.1. The largest absolute Gasteiger partial charge is 0.493 e. The Bertz CT molecular complexity index is 545. The molecule has 0 bridgehead atoms. The van der Waals surface area contributed by atoms with E-state index in [1.807, 2.05) is 20.8 Å². The molecule has 0 aliphatic carbocycles. The summed E-state index contributed by atoms with van der Waals surface area (Å²) in [5.41, 5.74) is -0.494. The predicted molar refractivity (Wildman–Crippen MR) is 82.8 cm³/mol. The molecule has 0 N–H and O–H groups in total. The van der Waals surface area contributed by atoms with E-state index in [-0.39, 0.29) is 17.0 Å². The van der Waals surface area contributed by atoms with Gasteiger partial charge in [0.15, 0.2) is 0 Å². The molecular weight excluding hydrogens is 309 g/mol. The Morgan fingerprint density at radius 3 is 2.82 bits per heavy atom. The molecule has 1 atom stereocenters. The maximum absolute atomic E-state index is 13.3. The lowest BCUT2D eigenvalue weighted by Crippen LogP contribution is -2.35. The van der Waals surface area contributed by atoms with Crippen LogP contribution in [-0.4, -0.2) is 36.3 Å². The molecule has 1 saturated heterocycles. The van der Waals surface area contributed by atoms with Crippen molar-refractivity contribution in [3.63, 3.8) is 0 Å². The summed E-state index contributed by atoms with van der Waals surface area (Å²) < 4.78 is 24.2. The third kappa shape index (κ3) is 4.77. The highest BCUT2D eigenvalue weighted by molar-refractivity contribution is 6.30. The first-order valence-corrected chi connectivity index (χ1v) is 7.68. The van der Waals surface area contributed by atoms with Crippen molar-refractivity contribution in [2.24, 2.45) is 5.92 Å². The van der Waals surface area contributed by atoms with Gasteiger partial charge in [-0.25, -0.2) is 9.18 Å². The Hall–Kier alpha value is -1.49. The Morgan fingerprint density at radius 2 is 2.18 bits per heavy atom. The molecule has 1 heterocycles.